The molecule has 0 atom stereocenters. The fraction of sp³-hybridized carbons (Fsp3) is 0.676. The average molecular weight is 734 g/mol. The van der Waals surface area contributed by atoms with Gasteiger partial charge >= 0.3 is 0 Å². The second kappa shape index (κ2) is 20.1. The number of aryl methyl sites for hydroxylation is 1. The largest absolute Gasteiger partial charge is 1.00 e. The summed E-state index contributed by atoms with van der Waals surface area (Å²) in [5.74, 6) is 0. The summed E-state index contributed by atoms with van der Waals surface area (Å²) in [7, 11) is 0. The maximum absolute atomic E-state index is 5.70. The molecule has 0 saturated carbocycles. The Hall–Kier alpha value is -1.29. The number of anilines is 1. The van der Waals surface area contributed by atoms with Gasteiger partial charge in [-0.3, -0.25) is 0 Å². The standard InChI is InChI=1S/C37H56N3O2S.HI/c1-2-3-4-5-6-7-8-9-10-11-12-13-14-15-16-17-31-28-34-37(30-35(31)40-22-26-42-27-23-40)43-36-29-32(18-19-33(36)38-34)39-20-24-41-25-21-39;/h18-19,28-30H,2-17,20-27H2,1H3;1H/q+1;/p-1. The molecule has 44 heavy (non-hydrogen) atoms. The molecule has 0 aromatic heterocycles. The van der Waals surface area contributed by atoms with Crippen LogP contribution in [0.25, 0.3) is 20.8 Å². The molecule has 0 radical (unpaired) electrons. The summed E-state index contributed by atoms with van der Waals surface area (Å²) in [6, 6.07) is 11.6. The van der Waals surface area contributed by atoms with Gasteiger partial charge in [0.25, 0.3) is 0 Å². The minimum atomic E-state index is 0. The van der Waals surface area contributed by atoms with E-state index in [2.05, 4.69) is 46.7 Å². The first-order valence-electron chi connectivity index (χ1n) is 17.7. The van der Waals surface area contributed by atoms with Crippen LogP contribution < -0.4 is 38.8 Å². The number of nitrogens with zero attached hydrogens (tertiary/aromatic N) is 3. The molecule has 0 bridgehead atoms. The maximum Gasteiger partial charge on any atom is 0.204 e. The topological polar surface area (TPSA) is 37.6 Å². The van der Waals surface area contributed by atoms with Crippen molar-refractivity contribution in [3.63, 3.8) is 0 Å². The van der Waals surface area contributed by atoms with Crippen molar-refractivity contribution in [2.24, 2.45) is 0 Å². The highest BCUT2D eigenvalue weighted by Gasteiger charge is 2.19. The zero-order valence-electron chi connectivity index (χ0n) is 27.3. The lowest BCUT2D eigenvalue weighted by Gasteiger charge is -2.29. The molecule has 5 nitrogen and oxygen atoms in total. The van der Waals surface area contributed by atoms with E-state index >= 15 is 0 Å². The Bertz CT molecular complexity index is 1280. The third-order valence-electron chi connectivity index (χ3n) is 9.34. The molecule has 3 heterocycles. The quantitative estimate of drug-likeness (QED) is 0.0801. The van der Waals surface area contributed by atoms with Gasteiger partial charge in [-0.2, -0.15) is 0 Å². The summed E-state index contributed by atoms with van der Waals surface area (Å²) < 4.78 is 15.1. The van der Waals surface area contributed by atoms with E-state index in [1.165, 1.54) is 122 Å². The number of rotatable bonds is 17. The molecule has 1 aliphatic carbocycles. The van der Waals surface area contributed by atoms with Crippen LogP contribution in [0.3, 0.4) is 0 Å². The Morgan fingerprint density at radius 3 is 1.95 bits per heavy atom. The summed E-state index contributed by atoms with van der Waals surface area (Å²) in [5, 5.41) is 1.41. The van der Waals surface area contributed by atoms with Gasteiger partial charge in [-0.15, -0.1) is 11.3 Å². The van der Waals surface area contributed by atoms with Crippen LogP contribution in [0.2, 0.25) is 0 Å². The number of halogens is 1. The lowest BCUT2D eigenvalue weighted by Crippen LogP contribution is -3.00. The van der Waals surface area contributed by atoms with E-state index in [1.807, 2.05) is 11.3 Å². The number of benzene rings is 2. The molecule has 1 aromatic rings. The summed E-state index contributed by atoms with van der Waals surface area (Å²) in [5.41, 5.74) is 5.00. The third-order valence-corrected chi connectivity index (χ3v) is 10.4. The number of unbranched alkanes of at least 4 members (excludes halogenated alkanes) is 14. The second-order valence-electron chi connectivity index (χ2n) is 12.7. The maximum atomic E-state index is 5.70. The van der Waals surface area contributed by atoms with Gasteiger partial charge in [-0.1, -0.05) is 96.8 Å². The molecular formula is C37H56IN3O2S. The lowest BCUT2D eigenvalue weighted by atomic mass is 10.0. The monoisotopic (exact) mass is 733 g/mol. The SMILES string of the molecule is CCCCCCCCCCCCCCCCCc1cc2nc3ccc(N4CCOCC4)cc3sc-2cc1=[N+]1CCOCC1.[I-]. The Morgan fingerprint density at radius 2 is 1.32 bits per heavy atom. The molecule has 5 rings (SSSR count). The van der Waals surface area contributed by atoms with Gasteiger partial charge in [-0.05, 0) is 37.1 Å². The zero-order chi connectivity index (χ0) is 29.5. The third kappa shape index (κ3) is 10.9. The van der Waals surface area contributed by atoms with Crippen LogP contribution in [0.15, 0.2) is 30.3 Å². The van der Waals surface area contributed by atoms with Gasteiger partial charge < -0.3 is 38.4 Å². The molecular weight excluding hydrogens is 677 g/mol. The predicted octanol–water partition coefficient (Wildman–Crippen LogP) is 5.46. The molecule has 0 N–H and O–H groups in total. The Balaban J connectivity index is 0.00000442. The fourth-order valence-electron chi connectivity index (χ4n) is 6.70. The van der Waals surface area contributed by atoms with Crippen molar-refractivity contribution in [2.45, 2.75) is 110 Å². The number of ether oxygens (including phenoxy) is 2. The molecule has 2 fully saturated rings. The number of hydrogen-bond donors (Lipinski definition) is 0. The minimum Gasteiger partial charge on any atom is -1.00 e. The Morgan fingerprint density at radius 1 is 0.727 bits per heavy atom. The first kappa shape index (κ1) is 35.6. The van der Waals surface area contributed by atoms with Gasteiger partial charge in [-0.25, -0.2) is 9.56 Å². The molecule has 0 spiro atoms. The Kier molecular flexibility index (Phi) is 16.2. The summed E-state index contributed by atoms with van der Waals surface area (Å²) in [6.45, 7) is 9.42. The van der Waals surface area contributed by atoms with Crippen LogP contribution in [0.4, 0.5) is 5.69 Å². The first-order valence-corrected chi connectivity index (χ1v) is 18.5. The molecule has 7 heteroatoms. The van der Waals surface area contributed by atoms with Crippen LogP contribution in [0, 0.1) is 0 Å². The van der Waals surface area contributed by atoms with Gasteiger partial charge in [0.2, 0.25) is 5.36 Å². The molecule has 0 unspecified atom stereocenters. The fourth-order valence-corrected chi connectivity index (χ4v) is 7.71. The van der Waals surface area contributed by atoms with Crippen molar-refractivity contribution in [2.75, 3.05) is 57.5 Å². The van der Waals surface area contributed by atoms with Crippen LogP contribution in [-0.4, -0.2) is 57.6 Å². The first-order chi connectivity index (χ1) is 21.3. The van der Waals surface area contributed by atoms with Crippen LogP contribution in [0.5, 0.6) is 0 Å². The van der Waals surface area contributed by atoms with Crippen molar-refractivity contribution in [3.05, 3.63) is 41.3 Å². The van der Waals surface area contributed by atoms with Crippen molar-refractivity contribution in [1.29, 1.82) is 0 Å². The molecule has 2 saturated heterocycles. The molecule has 4 aliphatic rings. The van der Waals surface area contributed by atoms with Gasteiger partial charge in [0.05, 0.1) is 34.0 Å². The predicted molar refractivity (Wildman–Crippen MR) is 184 cm³/mol. The number of fused-ring (bicyclic) bond motifs is 2. The highest BCUT2D eigenvalue weighted by atomic mass is 127. The van der Waals surface area contributed by atoms with E-state index in [4.69, 9.17) is 14.5 Å². The van der Waals surface area contributed by atoms with E-state index in [9.17, 15) is 0 Å². The van der Waals surface area contributed by atoms with Gasteiger partial charge in [0.15, 0.2) is 13.1 Å². The molecule has 1 aromatic carbocycles. The van der Waals surface area contributed by atoms with Crippen LogP contribution >= 0.6 is 11.3 Å². The molecule has 0 amide bonds. The number of aromatic nitrogens is 1. The van der Waals surface area contributed by atoms with E-state index in [0.29, 0.717) is 0 Å². The van der Waals surface area contributed by atoms with E-state index in [1.54, 1.807) is 0 Å². The molecule has 3 aliphatic heterocycles. The smallest absolute Gasteiger partial charge is 0.204 e. The number of morpholine rings is 2. The molecule has 244 valence electrons. The number of hydrogen-bond acceptors (Lipinski definition) is 5. The summed E-state index contributed by atoms with van der Waals surface area (Å²) >= 11 is 1.89. The van der Waals surface area contributed by atoms with Crippen LogP contribution in [0.1, 0.15) is 109 Å². The minimum absolute atomic E-state index is 0. The van der Waals surface area contributed by atoms with E-state index < -0.39 is 0 Å². The summed E-state index contributed by atoms with van der Waals surface area (Å²) in [4.78, 5) is 8.87. The van der Waals surface area contributed by atoms with Crippen molar-refractivity contribution >= 4 is 27.2 Å². The summed E-state index contributed by atoms with van der Waals surface area (Å²) in [6.07, 6.45) is 22.2. The van der Waals surface area contributed by atoms with E-state index in [-0.39, 0.29) is 24.0 Å². The second-order valence-corrected chi connectivity index (χ2v) is 13.8. The van der Waals surface area contributed by atoms with Crippen molar-refractivity contribution in [3.8, 4) is 10.6 Å². The van der Waals surface area contributed by atoms with Crippen molar-refractivity contribution in [1.82, 2.24) is 9.56 Å². The average Bonchev–Trinajstić information content (AvgIpc) is 3.06. The Labute approximate surface area is 287 Å². The van der Waals surface area contributed by atoms with Gasteiger partial charge in [0.1, 0.15) is 13.2 Å². The van der Waals surface area contributed by atoms with Gasteiger partial charge in [0, 0.05) is 30.4 Å². The lowest BCUT2D eigenvalue weighted by molar-refractivity contribution is -0.0000104. The highest BCUT2D eigenvalue weighted by Crippen LogP contribution is 2.33. The van der Waals surface area contributed by atoms with Crippen molar-refractivity contribution < 1.29 is 33.5 Å². The zero-order valence-corrected chi connectivity index (χ0v) is 30.3. The highest BCUT2D eigenvalue weighted by molar-refractivity contribution is 7.21. The normalized spacial score (nSPS) is 15.7. The van der Waals surface area contributed by atoms with E-state index in [0.717, 1.165) is 70.2 Å². The van der Waals surface area contributed by atoms with Crippen LogP contribution in [-0.2, 0) is 15.9 Å².